The lowest BCUT2D eigenvalue weighted by Crippen LogP contribution is -2.56. The van der Waals surface area contributed by atoms with Crippen LogP contribution in [0.3, 0.4) is 0 Å². The van der Waals surface area contributed by atoms with E-state index in [-0.39, 0.29) is 52.2 Å². The summed E-state index contributed by atoms with van der Waals surface area (Å²) in [5, 5.41) is 22.7. The van der Waals surface area contributed by atoms with Crippen LogP contribution in [-0.4, -0.2) is 44.7 Å². The molecule has 198 valence electrons. The molecule has 4 rings (SSSR count). The molecule has 8 unspecified atom stereocenters. The zero-order valence-electron chi connectivity index (χ0n) is 23.1. The molecule has 0 radical (unpaired) electrons. The molecule has 1 aliphatic heterocycles. The number of hydrogen-bond acceptors (Lipinski definition) is 5. The highest BCUT2D eigenvalue weighted by atomic mass is 16.5. The Hall–Kier alpha value is -1.04. The Labute approximate surface area is 212 Å². The van der Waals surface area contributed by atoms with Crippen LogP contribution in [0.25, 0.3) is 0 Å². The number of allylic oxidation sites excluding steroid dienone is 1. The monoisotopic (exact) mass is 488 g/mol. The Morgan fingerprint density at radius 2 is 1.51 bits per heavy atom. The van der Waals surface area contributed by atoms with Gasteiger partial charge in [0.25, 0.3) is 0 Å². The van der Waals surface area contributed by atoms with Crippen LogP contribution in [0.2, 0.25) is 0 Å². The molecule has 0 spiro atoms. The van der Waals surface area contributed by atoms with Gasteiger partial charge in [0, 0.05) is 12.8 Å². The minimum absolute atomic E-state index is 0.00319. The van der Waals surface area contributed by atoms with Gasteiger partial charge in [-0.3, -0.25) is 9.59 Å². The van der Waals surface area contributed by atoms with Crippen molar-refractivity contribution < 1.29 is 24.5 Å². The van der Waals surface area contributed by atoms with Crippen molar-refractivity contribution in [1.29, 1.82) is 0 Å². The predicted molar refractivity (Wildman–Crippen MR) is 137 cm³/mol. The number of Topliss-reactive ketones (excluding diaryl/α,β-unsaturated/α-hetero) is 2. The largest absolute Gasteiger partial charge is 0.390 e. The average molecular weight is 489 g/mol. The lowest BCUT2D eigenvalue weighted by Gasteiger charge is -2.54. The Morgan fingerprint density at radius 3 is 2.17 bits per heavy atom. The normalized spacial score (nSPS) is 47.6. The van der Waals surface area contributed by atoms with Crippen LogP contribution in [0.15, 0.2) is 12.2 Å². The average Bonchev–Trinajstić information content (AvgIpc) is 2.96. The van der Waals surface area contributed by atoms with Crippen molar-refractivity contribution in [2.75, 3.05) is 0 Å². The molecule has 8 atom stereocenters. The molecule has 0 bridgehead atoms. The minimum Gasteiger partial charge on any atom is -0.390 e. The molecule has 3 aliphatic carbocycles. The molecule has 5 heteroatoms. The van der Waals surface area contributed by atoms with Crippen LogP contribution in [0.1, 0.15) is 106 Å². The third-order valence-corrected chi connectivity index (χ3v) is 11.2. The lowest BCUT2D eigenvalue weighted by molar-refractivity contribution is -0.196. The highest BCUT2D eigenvalue weighted by molar-refractivity contribution is 5.96. The number of hydrogen-bond donors (Lipinski definition) is 2. The van der Waals surface area contributed by atoms with Crippen LogP contribution < -0.4 is 0 Å². The van der Waals surface area contributed by atoms with Crippen molar-refractivity contribution >= 4 is 11.6 Å². The van der Waals surface area contributed by atoms with E-state index in [2.05, 4.69) is 27.4 Å². The van der Waals surface area contributed by atoms with E-state index < -0.39 is 16.8 Å². The van der Waals surface area contributed by atoms with Crippen LogP contribution in [0, 0.1) is 34.5 Å². The van der Waals surface area contributed by atoms with Gasteiger partial charge in [0.15, 0.2) is 11.6 Å². The predicted octanol–water partition coefficient (Wildman–Crippen LogP) is 5.41. The summed E-state index contributed by atoms with van der Waals surface area (Å²) < 4.78 is 6.45. The van der Waals surface area contributed by atoms with Gasteiger partial charge in [0.2, 0.25) is 0 Å². The van der Waals surface area contributed by atoms with E-state index in [1.54, 1.807) is 0 Å². The van der Waals surface area contributed by atoms with Crippen LogP contribution in [-0.2, 0) is 14.3 Å². The van der Waals surface area contributed by atoms with Gasteiger partial charge in [-0.1, -0.05) is 27.4 Å². The van der Waals surface area contributed by atoms with Crippen LogP contribution in [0.4, 0.5) is 0 Å². The molecule has 0 aromatic carbocycles. The van der Waals surface area contributed by atoms with Gasteiger partial charge in [-0.15, -0.1) is 0 Å². The highest BCUT2D eigenvalue weighted by Gasteiger charge is 2.58. The van der Waals surface area contributed by atoms with Crippen molar-refractivity contribution in [3.63, 3.8) is 0 Å². The zero-order valence-corrected chi connectivity index (χ0v) is 23.1. The number of rotatable bonds is 3. The first-order valence-electron chi connectivity index (χ1n) is 13.8. The van der Waals surface area contributed by atoms with E-state index in [4.69, 9.17) is 4.74 Å². The molecule has 4 fully saturated rings. The Morgan fingerprint density at radius 1 is 0.886 bits per heavy atom. The lowest BCUT2D eigenvalue weighted by atomic mass is 9.55. The molecule has 5 nitrogen and oxygen atoms in total. The van der Waals surface area contributed by atoms with Crippen LogP contribution >= 0.6 is 0 Å². The Kier molecular flexibility index (Phi) is 6.55. The molecular weight excluding hydrogens is 440 g/mol. The SMILES string of the molecule is C=C1C(=O)CC2C(CCC2(C)O)C(C)(C)C1CCC1C(C)(O)CCC2OC(C)(C)C(=O)CCC21C. The number of carbonyl (C=O) groups is 2. The fourth-order valence-electron chi connectivity index (χ4n) is 8.77. The first kappa shape index (κ1) is 27.0. The summed E-state index contributed by atoms with van der Waals surface area (Å²) in [7, 11) is 0. The molecule has 35 heavy (non-hydrogen) atoms. The van der Waals surface area contributed by atoms with Crippen molar-refractivity contribution in [3.8, 4) is 0 Å². The molecule has 3 saturated carbocycles. The fraction of sp³-hybridized carbons (Fsp3) is 0.867. The quantitative estimate of drug-likeness (QED) is 0.519. The maximum Gasteiger partial charge on any atom is 0.164 e. The van der Waals surface area contributed by atoms with E-state index in [0.717, 1.165) is 32.1 Å². The molecule has 1 saturated heterocycles. The summed E-state index contributed by atoms with van der Waals surface area (Å²) >= 11 is 0. The molecule has 2 N–H and O–H groups in total. The van der Waals surface area contributed by atoms with E-state index in [9.17, 15) is 19.8 Å². The maximum absolute atomic E-state index is 13.2. The van der Waals surface area contributed by atoms with Gasteiger partial charge in [0.1, 0.15) is 5.60 Å². The summed E-state index contributed by atoms with van der Waals surface area (Å²) in [6.45, 7) is 18.6. The van der Waals surface area contributed by atoms with Gasteiger partial charge < -0.3 is 14.9 Å². The van der Waals surface area contributed by atoms with Crippen molar-refractivity contribution in [2.45, 2.75) is 129 Å². The first-order chi connectivity index (χ1) is 15.9. The topological polar surface area (TPSA) is 83.8 Å². The number of aliphatic hydroxyl groups is 2. The number of ether oxygens (including phenoxy) is 1. The standard InChI is InChI=1S/C30H48O5/c1-18-19(26(2,3)20-11-15-29(7,33)21(20)17-22(18)31)9-10-23-28(6)14-12-24(32)27(4,5)35-25(28)13-16-30(23,8)34/h19-21,23,25,33-34H,1,9-17H2,2-8H3. The van der Waals surface area contributed by atoms with E-state index in [1.807, 2.05) is 27.7 Å². The number of ketones is 2. The molecule has 4 aliphatic rings. The fourth-order valence-corrected chi connectivity index (χ4v) is 8.77. The van der Waals surface area contributed by atoms with Crippen molar-refractivity contribution in [1.82, 2.24) is 0 Å². The molecule has 1 heterocycles. The van der Waals surface area contributed by atoms with E-state index in [0.29, 0.717) is 31.3 Å². The van der Waals surface area contributed by atoms with Crippen molar-refractivity contribution in [2.24, 2.45) is 34.5 Å². The maximum atomic E-state index is 13.2. The molecule has 0 aromatic heterocycles. The summed E-state index contributed by atoms with van der Waals surface area (Å²) in [6, 6.07) is 0. The highest BCUT2D eigenvalue weighted by Crippen LogP contribution is 2.59. The van der Waals surface area contributed by atoms with Gasteiger partial charge in [0.05, 0.1) is 17.3 Å². The number of carbonyl (C=O) groups excluding carboxylic acids is 2. The van der Waals surface area contributed by atoms with Gasteiger partial charge in [-0.05, 0) is 113 Å². The van der Waals surface area contributed by atoms with Crippen molar-refractivity contribution in [3.05, 3.63) is 12.2 Å². The molecule has 0 amide bonds. The third-order valence-electron chi connectivity index (χ3n) is 11.2. The second-order valence-corrected chi connectivity index (χ2v) is 14.2. The van der Waals surface area contributed by atoms with Gasteiger partial charge in [-0.2, -0.15) is 0 Å². The minimum atomic E-state index is -0.855. The Balaban J connectivity index is 1.63. The van der Waals surface area contributed by atoms with E-state index in [1.165, 1.54) is 0 Å². The number of fused-ring (bicyclic) bond motifs is 2. The summed E-state index contributed by atoms with van der Waals surface area (Å²) in [4.78, 5) is 26.0. The third kappa shape index (κ3) is 4.38. The summed E-state index contributed by atoms with van der Waals surface area (Å²) in [5.41, 5.74) is -2.26. The first-order valence-corrected chi connectivity index (χ1v) is 13.8. The smallest absolute Gasteiger partial charge is 0.164 e. The Bertz CT molecular complexity index is 896. The second-order valence-electron chi connectivity index (χ2n) is 14.2. The van der Waals surface area contributed by atoms with Gasteiger partial charge >= 0.3 is 0 Å². The van der Waals surface area contributed by atoms with Crippen LogP contribution in [0.5, 0.6) is 0 Å². The van der Waals surface area contributed by atoms with E-state index >= 15 is 0 Å². The zero-order chi connectivity index (χ0) is 26.2. The summed E-state index contributed by atoms with van der Waals surface area (Å²) in [5.74, 6) is 0.413. The molecular formula is C30H48O5. The summed E-state index contributed by atoms with van der Waals surface area (Å²) in [6.07, 6.45) is 6.05. The second kappa shape index (κ2) is 8.49. The molecule has 0 aromatic rings. The van der Waals surface area contributed by atoms with Gasteiger partial charge in [-0.25, -0.2) is 0 Å².